The SMILES string of the molecule is C=CCn1c(SCC(=O)NC(C)c2ccc(C)c(C)c2)nnc1-c1ccco1. The highest BCUT2D eigenvalue weighted by molar-refractivity contribution is 7.99. The molecule has 2 aromatic heterocycles. The predicted molar refractivity (Wildman–Crippen MR) is 111 cm³/mol. The quantitative estimate of drug-likeness (QED) is 0.454. The third-order valence-corrected chi connectivity index (χ3v) is 5.48. The van der Waals surface area contributed by atoms with Crippen LogP contribution in [0, 0.1) is 13.8 Å². The van der Waals surface area contributed by atoms with Crippen molar-refractivity contribution in [2.45, 2.75) is 38.5 Å². The van der Waals surface area contributed by atoms with Gasteiger partial charge in [-0.15, -0.1) is 16.8 Å². The first-order valence-corrected chi connectivity index (χ1v) is 10.1. The molecule has 3 rings (SSSR count). The molecule has 0 aliphatic heterocycles. The van der Waals surface area contributed by atoms with Crippen LogP contribution in [0.2, 0.25) is 0 Å². The highest BCUT2D eigenvalue weighted by Crippen LogP contribution is 2.24. The van der Waals surface area contributed by atoms with Gasteiger partial charge in [0.1, 0.15) is 0 Å². The predicted octanol–water partition coefficient (Wildman–Crippen LogP) is 4.31. The first-order valence-electron chi connectivity index (χ1n) is 9.07. The van der Waals surface area contributed by atoms with Crippen LogP contribution in [-0.2, 0) is 11.3 Å². The highest BCUT2D eigenvalue weighted by Gasteiger charge is 2.17. The monoisotopic (exact) mass is 396 g/mol. The van der Waals surface area contributed by atoms with Crippen molar-refractivity contribution in [1.82, 2.24) is 20.1 Å². The van der Waals surface area contributed by atoms with Crippen molar-refractivity contribution in [3.63, 3.8) is 0 Å². The Balaban J connectivity index is 1.64. The van der Waals surface area contributed by atoms with Gasteiger partial charge < -0.3 is 9.73 Å². The number of nitrogens with one attached hydrogen (secondary N) is 1. The minimum Gasteiger partial charge on any atom is -0.461 e. The lowest BCUT2D eigenvalue weighted by atomic mass is 10.0. The molecule has 0 bridgehead atoms. The Kier molecular flexibility index (Phi) is 6.36. The van der Waals surface area contributed by atoms with Crippen LogP contribution in [-0.4, -0.2) is 26.4 Å². The second kappa shape index (κ2) is 8.93. The minimum absolute atomic E-state index is 0.0524. The van der Waals surface area contributed by atoms with Gasteiger partial charge in [-0.3, -0.25) is 9.36 Å². The molecule has 1 amide bonds. The average Bonchev–Trinajstić information content (AvgIpc) is 3.32. The molecule has 1 unspecified atom stereocenters. The summed E-state index contributed by atoms with van der Waals surface area (Å²) in [5, 5.41) is 12.1. The van der Waals surface area contributed by atoms with E-state index in [1.54, 1.807) is 18.4 Å². The Morgan fingerprint density at radius 2 is 2.14 bits per heavy atom. The van der Waals surface area contributed by atoms with E-state index < -0.39 is 0 Å². The zero-order chi connectivity index (χ0) is 20.1. The summed E-state index contributed by atoms with van der Waals surface area (Å²) in [6, 6.07) is 9.82. The molecule has 0 aliphatic rings. The summed E-state index contributed by atoms with van der Waals surface area (Å²) in [5.41, 5.74) is 3.55. The summed E-state index contributed by atoms with van der Waals surface area (Å²) in [6.45, 7) is 10.5. The molecule has 0 spiro atoms. The molecule has 1 atom stereocenters. The summed E-state index contributed by atoms with van der Waals surface area (Å²) < 4.78 is 7.30. The van der Waals surface area contributed by atoms with Crippen molar-refractivity contribution in [2.24, 2.45) is 0 Å². The normalized spacial score (nSPS) is 12.0. The zero-order valence-electron chi connectivity index (χ0n) is 16.3. The molecule has 2 heterocycles. The number of thioether (sulfide) groups is 1. The van der Waals surface area contributed by atoms with E-state index in [0.717, 1.165) is 5.56 Å². The van der Waals surface area contributed by atoms with Gasteiger partial charge in [-0.05, 0) is 49.6 Å². The largest absolute Gasteiger partial charge is 0.461 e. The summed E-state index contributed by atoms with van der Waals surface area (Å²) in [4.78, 5) is 12.4. The van der Waals surface area contributed by atoms with Crippen LogP contribution in [0.25, 0.3) is 11.6 Å². The fraction of sp³-hybridized carbons (Fsp3) is 0.286. The Labute approximate surface area is 169 Å². The number of furan rings is 1. The first-order chi connectivity index (χ1) is 13.5. The van der Waals surface area contributed by atoms with Crippen LogP contribution in [0.5, 0.6) is 0 Å². The molecule has 0 aliphatic carbocycles. The molecule has 0 saturated heterocycles. The van der Waals surface area contributed by atoms with Crippen molar-refractivity contribution in [3.8, 4) is 11.6 Å². The Hall–Kier alpha value is -2.80. The summed E-state index contributed by atoms with van der Waals surface area (Å²) in [7, 11) is 0. The number of nitrogens with zero attached hydrogens (tertiary/aromatic N) is 3. The van der Waals surface area contributed by atoms with Gasteiger partial charge in [0.2, 0.25) is 11.7 Å². The maximum absolute atomic E-state index is 12.4. The van der Waals surface area contributed by atoms with E-state index >= 15 is 0 Å². The van der Waals surface area contributed by atoms with Crippen LogP contribution < -0.4 is 5.32 Å². The topological polar surface area (TPSA) is 73.0 Å². The maximum Gasteiger partial charge on any atom is 0.230 e. The molecule has 0 radical (unpaired) electrons. The third kappa shape index (κ3) is 4.54. The number of allylic oxidation sites excluding steroid dienone is 1. The molecule has 0 saturated carbocycles. The number of rotatable bonds is 8. The van der Waals surface area contributed by atoms with E-state index in [1.165, 1.54) is 22.9 Å². The summed E-state index contributed by atoms with van der Waals surface area (Å²) >= 11 is 1.34. The number of aromatic nitrogens is 3. The van der Waals surface area contributed by atoms with Crippen molar-refractivity contribution >= 4 is 17.7 Å². The van der Waals surface area contributed by atoms with Crippen molar-refractivity contribution in [3.05, 3.63) is 65.9 Å². The second-order valence-electron chi connectivity index (χ2n) is 6.60. The van der Waals surface area contributed by atoms with Crippen LogP contribution >= 0.6 is 11.8 Å². The number of aryl methyl sites for hydroxylation is 2. The summed E-state index contributed by atoms with van der Waals surface area (Å²) in [5.74, 6) is 1.46. The third-order valence-electron chi connectivity index (χ3n) is 4.51. The molecule has 6 nitrogen and oxygen atoms in total. The molecule has 3 aromatic rings. The van der Waals surface area contributed by atoms with Crippen LogP contribution in [0.1, 0.15) is 29.7 Å². The first kappa shape index (κ1) is 19.9. The van der Waals surface area contributed by atoms with Gasteiger partial charge in [0.15, 0.2) is 10.9 Å². The molecule has 28 heavy (non-hydrogen) atoms. The lowest BCUT2D eigenvalue weighted by Gasteiger charge is -2.15. The van der Waals surface area contributed by atoms with Gasteiger partial charge in [-0.25, -0.2) is 0 Å². The Bertz CT molecular complexity index is 963. The Morgan fingerprint density at radius 3 is 2.82 bits per heavy atom. The van der Waals surface area contributed by atoms with Crippen molar-refractivity contribution in [1.29, 1.82) is 0 Å². The van der Waals surface area contributed by atoms with E-state index in [9.17, 15) is 4.79 Å². The average molecular weight is 397 g/mol. The van der Waals surface area contributed by atoms with E-state index in [-0.39, 0.29) is 17.7 Å². The lowest BCUT2D eigenvalue weighted by molar-refractivity contribution is -0.119. The van der Waals surface area contributed by atoms with Gasteiger partial charge >= 0.3 is 0 Å². The molecule has 146 valence electrons. The maximum atomic E-state index is 12.4. The van der Waals surface area contributed by atoms with Crippen LogP contribution in [0.4, 0.5) is 0 Å². The molecule has 7 heteroatoms. The Morgan fingerprint density at radius 1 is 1.32 bits per heavy atom. The fourth-order valence-corrected chi connectivity index (χ4v) is 3.57. The van der Waals surface area contributed by atoms with E-state index in [1.807, 2.05) is 17.6 Å². The number of hydrogen-bond acceptors (Lipinski definition) is 5. The molecular weight excluding hydrogens is 372 g/mol. The number of carbonyl (C=O) groups is 1. The van der Waals surface area contributed by atoms with Gasteiger partial charge in [-0.1, -0.05) is 36.0 Å². The van der Waals surface area contributed by atoms with Crippen LogP contribution in [0.3, 0.4) is 0 Å². The zero-order valence-corrected chi connectivity index (χ0v) is 17.1. The minimum atomic E-state index is -0.0582. The molecule has 0 fully saturated rings. The van der Waals surface area contributed by atoms with Crippen LogP contribution in [0.15, 0.2) is 58.8 Å². The smallest absolute Gasteiger partial charge is 0.230 e. The molecule has 1 aromatic carbocycles. The van der Waals surface area contributed by atoms with Crippen molar-refractivity contribution < 1.29 is 9.21 Å². The second-order valence-corrected chi connectivity index (χ2v) is 7.55. The van der Waals surface area contributed by atoms with Gasteiger partial charge in [-0.2, -0.15) is 0 Å². The van der Waals surface area contributed by atoms with E-state index in [2.05, 4.69) is 54.1 Å². The van der Waals surface area contributed by atoms with E-state index in [4.69, 9.17) is 4.42 Å². The number of hydrogen-bond donors (Lipinski definition) is 1. The fourth-order valence-electron chi connectivity index (χ4n) is 2.81. The standard InChI is InChI=1S/C21H24N4O2S/c1-5-10-25-20(18-7-6-11-27-18)23-24-21(25)28-13-19(26)22-16(4)17-9-8-14(2)15(3)12-17/h5-9,11-12,16H,1,10,13H2,2-4H3,(H,22,26). The van der Waals surface area contributed by atoms with Gasteiger partial charge in [0.25, 0.3) is 0 Å². The highest BCUT2D eigenvalue weighted by atomic mass is 32.2. The summed E-state index contributed by atoms with van der Waals surface area (Å²) in [6.07, 6.45) is 3.36. The van der Waals surface area contributed by atoms with Gasteiger partial charge in [0.05, 0.1) is 18.1 Å². The number of benzene rings is 1. The molecule has 1 N–H and O–H groups in total. The molecular formula is C21H24N4O2S. The van der Waals surface area contributed by atoms with Crippen molar-refractivity contribution in [2.75, 3.05) is 5.75 Å². The van der Waals surface area contributed by atoms with E-state index in [0.29, 0.717) is 23.3 Å². The van der Waals surface area contributed by atoms with Gasteiger partial charge in [0, 0.05) is 6.54 Å². The lowest BCUT2D eigenvalue weighted by Crippen LogP contribution is -2.28. The number of amides is 1. The number of carbonyl (C=O) groups excluding carboxylic acids is 1.